The molecule has 7 heteroatoms. The van der Waals surface area contributed by atoms with Gasteiger partial charge >= 0.3 is 0 Å². The van der Waals surface area contributed by atoms with E-state index in [4.69, 9.17) is 0 Å². The van der Waals surface area contributed by atoms with Gasteiger partial charge in [-0.15, -0.1) is 24.0 Å². The van der Waals surface area contributed by atoms with Gasteiger partial charge in [-0.1, -0.05) is 30.3 Å². The molecule has 1 amide bonds. The van der Waals surface area contributed by atoms with Gasteiger partial charge in [0.2, 0.25) is 0 Å². The summed E-state index contributed by atoms with van der Waals surface area (Å²) in [4.78, 5) is 19.1. The van der Waals surface area contributed by atoms with Crippen molar-refractivity contribution in [3.8, 4) is 5.75 Å². The number of nitrogens with one attached hydrogen (secondary N) is 2. The van der Waals surface area contributed by atoms with E-state index < -0.39 is 0 Å². The lowest BCUT2D eigenvalue weighted by atomic mass is 9.99. The fraction of sp³-hybridized carbons (Fsp3) is 0.364. The van der Waals surface area contributed by atoms with Crippen molar-refractivity contribution >= 4 is 35.8 Å². The van der Waals surface area contributed by atoms with Gasteiger partial charge in [-0.25, -0.2) is 0 Å². The summed E-state index contributed by atoms with van der Waals surface area (Å²) in [5, 5.41) is 15.5. The van der Waals surface area contributed by atoms with Crippen LogP contribution in [0, 0.1) is 0 Å². The third-order valence-corrected chi connectivity index (χ3v) is 4.88. The van der Waals surface area contributed by atoms with Crippen molar-refractivity contribution < 1.29 is 9.90 Å². The number of aliphatic imine (C=N–C) groups is 1. The normalized spacial score (nSPS) is 16.2. The minimum absolute atomic E-state index is 0. The molecule has 2 aromatic rings. The molecule has 6 nitrogen and oxygen atoms in total. The Bertz CT molecular complexity index is 796. The zero-order valence-electron chi connectivity index (χ0n) is 16.7. The summed E-state index contributed by atoms with van der Waals surface area (Å²) in [6.45, 7) is 5.78. The van der Waals surface area contributed by atoms with Crippen LogP contribution in [0.5, 0.6) is 5.75 Å². The number of phenolic OH excluding ortho intramolecular Hbond substituents is 1. The lowest BCUT2D eigenvalue weighted by Crippen LogP contribution is -2.40. The summed E-state index contributed by atoms with van der Waals surface area (Å²) < 4.78 is 0. The molecule has 1 fully saturated rings. The number of halogens is 1. The van der Waals surface area contributed by atoms with Crippen molar-refractivity contribution in [3.63, 3.8) is 0 Å². The second kappa shape index (κ2) is 11.6. The average Bonchev–Trinajstić information content (AvgIpc) is 3.21. The molecular formula is C22H29IN4O2. The number of aromatic hydroxyl groups is 1. The number of hydrogen-bond acceptors (Lipinski definition) is 3. The molecule has 0 saturated carbocycles. The third-order valence-electron chi connectivity index (χ3n) is 4.88. The van der Waals surface area contributed by atoms with Crippen LogP contribution in [0.15, 0.2) is 59.6 Å². The van der Waals surface area contributed by atoms with E-state index in [0.717, 1.165) is 32.0 Å². The topological polar surface area (TPSA) is 77.0 Å². The standard InChI is InChI=1S/C22H28N4O2.HI/c1-2-23-22(26-15-12-19(16-26)17-6-4-3-5-7-17)25-14-13-24-21(28)18-8-10-20(27)11-9-18;/h3-11,19,27H,2,12-16H2,1H3,(H,23,25)(H,24,28);1H. The SMILES string of the molecule is CCNC(=NCCNC(=O)c1ccc(O)cc1)N1CCC(c2ccccc2)C1.I. The van der Waals surface area contributed by atoms with Crippen LogP contribution in [0.25, 0.3) is 0 Å². The summed E-state index contributed by atoms with van der Waals surface area (Å²) in [6, 6.07) is 16.8. The van der Waals surface area contributed by atoms with Crippen LogP contribution in [0.1, 0.15) is 35.2 Å². The molecule has 0 spiro atoms. The molecule has 3 rings (SSSR count). The Morgan fingerprint density at radius 3 is 2.55 bits per heavy atom. The summed E-state index contributed by atoms with van der Waals surface area (Å²) >= 11 is 0. The molecule has 0 bridgehead atoms. The highest BCUT2D eigenvalue weighted by Crippen LogP contribution is 2.26. The number of rotatable bonds is 6. The van der Waals surface area contributed by atoms with Crippen molar-refractivity contribution in [3.05, 3.63) is 65.7 Å². The van der Waals surface area contributed by atoms with Crippen molar-refractivity contribution in [1.29, 1.82) is 0 Å². The van der Waals surface area contributed by atoms with Crippen LogP contribution in [0.3, 0.4) is 0 Å². The Morgan fingerprint density at radius 2 is 1.86 bits per heavy atom. The molecule has 0 aromatic heterocycles. The first-order valence-corrected chi connectivity index (χ1v) is 9.83. The van der Waals surface area contributed by atoms with E-state index in [1.807, 2.05) is 6.07 Å². The molecule has 156 valence electrons. The van der Waals surface area contributed by atoms with Crippen molar-refractivity contribution in [2.75, 3.05) is 32.7 Å². The van der Waals surface area contributed by atoms with Crippen molar-refractivity contribution in [2.45, 2.75) is 19.3 Å². The van der Waals surface area contributed by atoms with Crippen LogP contribution in [0.4, 0.5) is 0 Å². The molecule has 1 aliphatic rings. The van der Waals surface area contributed by atoms with E-state index in [1.54, 1.807) is 12.1 Å². The summed E-state index contributed by atoms with van der Waals surface area (Å²) in [5.41, 5.74) is 1.90. The Labute approximate surface area is 189 Å². The molecule has 3 N–H and O–H groups in total. The highest BCUT2D eigenvalue weighted by molar-refractivity contribution is 14.0. The maximum absolute atomic E-state index is 12.1. The maximum Gasteiger partial charge on any atom is 0.251 e. The Hall–Kier alpha value is -2.29. The van der Waals surface area contributed by atoms with Gasteiger partial charge in [-0.2, -0.15) is 0 Å². The van der Waals surface area contributed by atoms with Crippen LogP contribution >= 0.6 is 24.0 Å². The highest BCUT2D eigenvalue weighted by Gasteiger charge is 2.25. The zero-order valence-corrected chi connectivity index (χ0v) is 19.0. The number of benzene rings is 2. The van der Waals surface area contributed by atoms with Crippen molar-refractivity contribution in [2.24, 2.45) is 4.99 Å². The first-order chi connectivity index (χ1) is 13.7. The minimum atomic E-state index is -0.162. The lowest BCUT2D eigenvalue weighted by Gasteiger charge is -2.21. The number of carbonyl (C=O) groups excluding carboxylic acids is 1. The number of hydrogen-bond donors (Lipinski definition) is 3. The van der Waals surface area contributed by atoms with Gasteiger partial charge in [-0.05, 0) is 43.2 Å². The molecule has 0 aliphatic carbocycles. The van der Waals surface area contributed by atoms with E-state index in [0.29, 0.717) is 24.6 Å². The summed E-state index contributed by atoms with van der Waals surface area (Å²) in [5.74, 6) is 1.42. The largest absolute Gasteiger partial charge is 0.508 e. The van der Waals surface area contributed by atoms with Gasteiger partial charge in [0.05, 0.1) is 6.54 Å². The second-order valence-electron chi connectivity index (χ2n) is 6.88. The van der Waals surface area contributed by atoms with Crippen molar-refractivity contribution in [1.82, 2.24) is 15.5 Å². The Morgan fingerprint density at radius 1 is 1.14 bits per heavy atom. The lowest BCUT2D eigenvalue weighted by molar-refractivity contribution is 0.0955. The number of amides is 1. The Balaban J connectivity index is 0.00000300. The van der Waals surface area contributed by atoms with Gasteiger partial charge in [0, 0.05) is 37.7 Å². The average molecular weight is 508 g/mol. The fourth-order valence-electron chi connectivity index (χ4n) is 3.42. The maximum atomic E-state index is 12.1. The molecular weight excluding hydrogens is 479 g/mol. The molecule has 1 heterocycles. The predicted molar refractivity (Wildman–Crippen MR) is 127 cm³/mol. The summed E-state index contributed by atoms with van der Waals surface area (Å²) in [6.07, 6.45) is 1.12. The molecule has 1 atom stereocenters. The van der Waals surface area contributed by atoms with E-state index >= 15 is 0 Å². The first kappa shape index (κ1) is 23.0. The number of nitrogens with zero attached hydrogens (tertiary/aromatic N) is 2. The van der Waals surface area contributed by atoms with Crippen LogP contribution in [0.2, 0.25) is 0 Å². The number of phenols is 1. The van der Waals surface area contributed by atoms with Crippen LogP contribution < -0.4 is 10.6 Å². The third kappa shape index (κ3) is 6.62. The number of likely N-dealkylation sites (tertiary alicyclic amines) is 1. The molecule has 1 saturated heterocycles. The molecule has 2 aromatic carbocycles. The number of guanidine groups is 1. The monoisotopic (exact) mass is 508 g/mol. The minimum Gasteiger partial charge on any atom is -0.508 e. The second-order valence-corrected chi connectivity index (χ2v) is 6.88. The fourth-order valence-corrected chi connectivity index (χ4v) is 3.42. The smallest absolute Gasteiger partial charge is 0.251 e. The van der Waals surface area contributed by atoms with Gasteiger partial charge in [0.15, 0.2) is 5.96 Å². The van der Waals surface area contributed by atoms with Gasteiger partial charge in [0.25, 0.3) is 5.91 Å². The zero-order chi connectivity index (χ0) is 19.8. The summed E-state index contributed by atoms with van der Waals surface area (Å²) in [7, 11) is 0. The van der Waals surface area contributed by atoms with E-state index in [2.05, 4.69) is 51.7 Å². The van der Waals surface area contributed by atoms with E-state index in [-0.39, 0.29) is 35.6 Å². The molecule has 29 heavy (non-hydrogen) atoms. The van der Waals surface area contributed by atoms with Gasteiger partial charge in [-0.3, -0.25) is 9.79 Å². The van der Waals surface area contributed by atoms with Crippen LogP contribution in [-0.2, 0) is 0 Å². The molecule has 0 radical (unpaired) electrons. The number of carbonyl (C=O) groups is 1. The Kier molecular flexibility index (Phi) is 9.24. The highest BCUT2D eigenvalue weighted by atomic mass is 127. The van der Waals surface area contributed by atoms with Crippen LogP contribution in [-0.4, -0.2) is 54.6 Å². The van der Waals surface area contributed by atoms with Gasteiger partial charge < -0.3 is 20.6 Å². The van der Waals surface area contributed by atoms with Gasteiger partial charge in [0.1, 0.15) is 5.75 Å². The molecule has 1 aliphatic heterocycles. The first-order valence-electron chi connectivity index (χ1n) is 9.83. The predicted octanol–water partition coefficient (Wildman–Crippen LogP) is 3.20. The quantitative estimate of drug-likeness (QED) is 0.243. The van der Waals surface area contributed by atoms with E-state index in [9.17, 15) is 9.90 Å². The molecule has 1 unspecified atom stereocenters. The van der Waals surface area contributed by atoms with E-state index in [1.165, 1.54) is 17.7 Å².